The molecule has 1 aromatic heterocycles. The molecule has 28 heavy (non-hydrogen) atoms. The van der Waals surface area contributed by atoms with E-state index in [2.05, 4.69) is 15.5 Å². The SMILES string of the molecule is COc1ccc(C(C)NC(=O)c2cn[nH]c2-c2ccc(OC)c(OC)c2)cc1. The molecule has 0 aliphatic heterocycles. The molecule has 0 radical (unpaired) electrons. The van der Waals surface area contributed by atoms with Gasteiger partial charge in [0.05, 0.1) is 44.8 Å². The quantitative estimate of drug-likeness (QED) is 0.653. The zero-order chi connectivity index (χ0) is 20.1. The highest BCUT2D eigenvalue weighted by Gasteiger charge is 2.19. The molecule has 0 fully saturated rings. The molecule has 7 nitrogen and oxygen atoms in total. The summed E-state index contributed by atoms with van der Waals surface area (Å²) in [5.41, 5.74) is 2.82. The van der Waals surface area contributed by atoms with E-state index >= 15 is 0 Å². The minimum Gasteiger partial charge on any atom is -0.497 e. The first-order chi connectivity index (χ1) is 13.6. The van der Waals surface area contributed by atoms with E-state index in [9.17, 15) is 4.79 Å². The predicted octanol–water partition coefficient (Wildman–Crippen LogP) is 3.59. The molecule has 0 aliphatic rings. The third-order valence-electron chi connectivity index (χ3n) is 4.52. The lowest BCUT2D eigenvalue weighted by molar-refractivity contribution is 0.0940. The number of benzene rings is 2. The van der Waals surface area contributed by atoms with Crippen LogP contribution in [0.5, 0.6) is 17.2 Å². The number of carbonyl (C=O) groups is 1. The number of H-pyrrole nitrogens is 1. The van der Waals surface area contributed by atoms with Gasteiger partial charge in [0.25, 0.3) is 5.91 Å². The topological polar surface area (TPSA) is 85.5 Å². The highest BCUT2D eigenvalue weighted by atomic mass is 16.5. The molecule has 1 unspecified atom stereocenters. The van der Waals surface area contributed by atoms with E-state index in [1.165, 1.54) is 6.20 Å². The standard InChI is InChI=1S/C21H23N3O4/c1-13(14-5-8-16(26-2)9-6-14)23-21(25)17-12-22-24-20(17)15-7-10-18(27-3)19(11-15)28-4/h5-13H,1-4H3,(H,22,24)(H,23,25). The van der Waals surface area contributed by atoms with Gasteiger partial charge in [0, 0.05) is 5.56 Å². The Morgan fingerprint density at radius 1 is 1.00 bits per heavy atom. The van der Waals surface area contributed by atoms with Crippen molar-refractivity contribution in [3.63, 3.8) is 0 Å². The molecule has 2 N–H and O–H groups in total. The Hall–Kier alpha value is -3.48. The van der Waals surface area contributed by atoms with Crippen LogP contribution < -0.4 is 19.5 Å². The Labute approximate surface area is 163 Å². The number of amides is 1. The first-order valence-corrected chi connectivity index (χ1v) is 8.78. The fourth-order valence-corrected chi connectivity index (χ4v) is 2.92. The van der Waals surface area contributed by atoms with Gasteiger partial charge in [0.15, 0.2) is 11.5 Å². The Bertz CT molecular complexity index is 951. The largest absolute Gasteiger partial charge is 0.497 e. The fourth-order valence-electron chi connectivity index (χ4n) is 2.92. The molecule has 0 aliphatic carbocycles. The smallest absolute Gasteiger partial charge is 0.255 e. The second kappa shape index (κ2) is 8.47. The van der Waals surface area contributed by atoms with Crippen LogP contribution >= 0.6 is 0 Å². The summed E-state index contributed by atoms with van der Waals surface area (Å²) in [5.74, 6) is 1.74. The number of hydrogen-bond donors (Lipinski definition) is 2. The minimum atomic E-state index is -0.221. The second-order valence-electron chi connectivity index (χ2n) is 6.20. The predicted molar refractivity (Wildman–Crippen MR) is 106 cm³/mol. The van der Waals surface area contributed by atoms with Gasteiger partial charge < -0.3 is 19.5 Å². The maximum Gasteiger partial charge on any atom is 0.255 e. The number of aromatic amines is 1. The first-order valence-electron chi connectivity index (χ1n) is 8.78. The molecular formula is C21H23N3O4. The van der Waals surface area contributed by atoms with E-state index < -0.39 is 0 Å². The van der Waals surface area contributed by atoms with Crippen LogP contribution in [0.25, 0.3) is 11.3 Å². The van der Waals surface area contributed by atoms with Crippen molar-refractivity contribution >= 4 is 5.91 Å². The van der Waals surface area contributed by atoms with Crippen molar-refractivity contribution in [1.29, 1.82) is 0 Å². The van der Waals surface area contributed by atoms with Gasteiger partial charge in [-0.05, 0) is 42.8 Å². The van der Waals surface area contributed by atoms with Crippen molar-refractivity contribution in [1.82, 2.24) is 15.5 Å². The maximum absolute atomic E-state index is 12.8. The fraction of sp³-hybridized carbons (Fsp3) is 0.238. The molecule has 1 atom stereocenters. The molecule has 3 rings (SSSR count). The van der Waals surface area contributed by atoms with Crippen molar-refractivity contribution in [2.24, 2.45) is 0 Å². The van der Waals surface area contributed by atoms with Gasteiger partial charge >= 0.3 is 0 Å². The Balaban J connectivity index is 1.81. The number of aromatic nitrogens is 2. The summed E-state index contributed by atoms with van der Waals surface area (Å²) in [6.45, 7) is 1.93. The molecule has 1 amide bonds. The average Bonchev–Trinajstić information content (AvgIpc) is 3.23. The molecule has 1 heterocycles. The third kappa shape index (κ3) is 3.93. The van der Waals surface area contributed by atoms with Crippen LogP contribution in [-0.2, 0) is 0 Å². The zero-order valence-electron chi connectivity index (χ0n) is 16.3. The number of hydrogen-bond acceptors (Lipinski definition) is 5. The van der Waals surface area contributed by atoms with Crippen LogP contribution in [0.3, 0.4) is 0 Å². The summed E-state index contributed by atoms with van der Waals surface area (Å²) in [7, 11) is 4.76. The number of methoxy groups -OCH3 is 3. The number of rotatable bonds is 7. The number of ether oxygens (including phenoxy) is 3. The summed E-state index contributed by atoms with van der Waals surface area (Å²) in [4.78, 5) is 12.8. The Morgan fingerprint density at radius 3 is 2.36 bits per heavy atom. The summed E-state index contributed by atoms with van der Waals surface area (Å²) in [5, 5.41) is 9.94. The third-order valence-corrected chi connectivity index (χ3v) is 4.52. The van der Waals surface area contributed by atoms with Gasteiger partial charge in [-0.15, -0.1) is 0 Å². The van der Waals surface area contributed by atoms with E-state index in [0.717, 1.165) is 16.9 Å². The molecule has 0 spiro atoms. The van der Waals surface area contributed by atoms with Crippen molar-refractivity contribution in [3.05, 3.63) is 59.8 Å². The van der Waals surface area contributed by atoms with Gasteiger partial charge in [-0.2, -0.15) is 5.10 Å². The number of carbonyl (C=O) groups excluding carboxylic acids is 1. The van der Waals surface area contributed by atoms with Gasteiger partial charge in [0.1, 0.15) is 5.75 Å². The van der Waals surface area contributed by atoms with Crippen LogP contribution in [0.15, 0.2) is 48.7 Å². The lowest BCUT2D eigenvalue weighted by Crippen LogP contribution is -2.26. The first kappa shape index (κ1) is 19.3. The molecule has 0 saturated carbocycles. The van der Waals surface area contributed by atoms with E-state index in [1.54, 1.807) is 33.5 Å². The highest BCUT2D eigenvalue weighted by molar-refractivity contribution is 6.00. The van der Waals surface area contributed by atoms with E-state index in [4.69, 9.17) is 14.2 Å². The van der Waals surface area contributed by atoms with E-state index in [-0.39, 0.29) is 11.9 Å². The summed E-state index contributed by atoms with van der Waals surface area (Å²) in [6.07, 6.45) is 1.52. The zero-order valence-corrected chi connectivity index (χ0v) is 16.3. The summed E-state index contributed by atoms with van der Waals surface area (Å²) >= 11 is 0. The van der Waals surface area contributed by atoms with Gasteiger partial charge in [-0.1, -0.05) is 12.1 Å². The Morgan fingerprint density at radius 2 is 1.71 bits per heavy atom. The van der Waals surface area contributed by atoms with Crippen LogP contribution in [0.1, 0.15) is 28.9 Å². The molecule has 3 aromatic rings. The van der Waals surface area contributed by atoms with Crippen LogP contribution in [-0.4, -0.2) is 37.4 Å². The van der Waals surface area contributed by atoms with E-state index in [1.807, 2.05) is 37.3 Å². The van der Waals surface area contributed by atoms with Gasteiger partial charge in [0.2, 0.25) is 0 Å². The van der Waals surface area contributed by atoms with Crippen molar-refractivity contribution < 1.29 is 19.0 Å². The van der Waals surface area contributed by atoms with Gasteiger partial charge in [-0.3, -0.25) is 9.89 Å². The lowest BCUT2D eigenvalue weighted by atomic mass is 10.1. The van der Waals surface area contributed by atoms with Crippen molar-refractivity contribution in [3.8, 4) is 28.5 Å². The molecule has 0 bridgehead atoms. The van der Waals surface area contributed by atoms with E-state index in [0.29, 0.717) is 22.8 Å². The Kier molecular flexibility index (Phi) is 5.84. The molecule has 146 valence electrons. The minimum absolute atomic E-state index is 0.174. The molecule has 2 aromatic carbocycles. The van der Waals surface area contributed by atoms with Crippen LogP contribution in [0.2, 0.25) is 0 Å². The summed E-state index contributed by atoms with van der Waals surface area (Å²) < 4.78 is 15.8. The molecule has 7 heteroatoms. The molecular weight excluding hydrogens is 358 g/mol. The van der Waals surface area contributed by atoms with Gasteiger partial charge in [-0.25, -0.2) is 0 Å². The highest BCUT2D eigenvalue weighted by Crippen LogP contribution is 2.32. The normalized spacial score (nSPS) is 11.6. The monoisotopic (exact) mass is 381 g/mol. The lowest BCUT2D eigenvalue weighted by Gasteiger charge is -2.15. The van der Waals surface area contributed by atoms with Crippen molar-refractivity contribution in [2.75, 3.05) is 21.3 Å². The average molecular weight is 381 g/mol. The number of nitrogens with one attached hydrogen (secondary N) is 2. The maximum atomic E-state index is 12.8. The number of nitrogens with zero attached hydrogens (tertiary/aromatic N) is 1. The summed E-state index contributed by atoms with van der Waals surface area (Å²) in [6, 6.07) is 12.8. The van der Waals surface area contributed by atoms with Crippen molar-refractivity contribution in [2.45, 2.75) is 13.0 Å². The molecule has 0 saturated heterocycles. The van der Waals surface area contributed by atoms with Crippen LogP contribution in [0, 0.1) is 0 Å². The second-order valence-corrected chi connectivity index (χ2v) is 6.20. The van der Waals surface area contributed by atoms with Crippen LogP contribution in [0.4, 0.5) is 0 Å².